The topological polar surface area (TPSA) is 49.3 Å². The Hall–Kier alpha value is -1.15. The maximum absolute atomic E-state index is 13.5. The number of hydrogen-bond donors (Lipinski definition) is 2. The van der Waals surface area contributed by atoms with Crippen molar-refractivity contribution < 1.29 is 14.3 Å². The molecule has 19 heavy (non-hydrogen) atoms. The van der Waals surface area contributed by atoms with E-state index in [1.54, 1.807) is 18.2 Å². The SMILES string of the molecule is O=C(Nc1ccc(Br)c(I)c1)c1ccc(O)cc1F. The molecule has 0 radical (unpaired) electrons. The van der Waals surface area contributed by atoms with E-state index in [1.807, 2.05) is 0 Å². The van der Waals surface area contributed by atoms with Crippen molar-refractivity contribution in [2.45, 2.75) is 0 Å². The number of hydrogen-bond acceptors (Lipinski definition) is 2. The molecule has 1 amide bonds. The Morgan fingerprint density at radius 1 is 1.26 bits per heavy atom. The highest BCUT2D eigenvalue weighted by Crippen LogP contribution is 2.23. The van der Waals surface area contributed by atoms with Crippen molar-refractivity contribution in [2.24, 2.45) is 0 Å². The third-order valence-electron chi connectivity index (χ3n) is 2.37. The van der Waals surface area contributed by atoms with Crippen molar-refractivity contribution >= 4 is 50.1 Å². The smallest absolute Gasteiger partial charge is 0.258 e. The van der Waals surface area contributed by atoms with Crippen LogP contribution in [0.1, 0.15) is 10.4 Å². The van der Waals surface area contributed by atoms with Crippen LogP contribution in [0.3, 0.4) is 0 Å². The minimum absolute atomic E-state index is 0.115. The third-order valence-corrected chi connectivity index (χ3v) is 4.70. The molecular weight excluding hydrogens is 428 g/mol. The predicted octanol–water partition coefficient (Wildman–Crippen LogP) is 4.15. The Morgan fingerprint density at radius 2 is 2.00 bits per heavy atom. The fraction of sp³-hybridized carbons (Fsp3) is 0. The largest absolute Gasteiger partial charge is 0.508 e. The molecule has 6 heteroatoms. The number of benzene rings is 2. The first-order valence-corrected chi connectivity index (χ1v) is 7.09. The van der Waals surface area contributed by atoms with Crippen LogP contribution >= 0.6 is 38.5 Å². The van der Waals surface area contributed by atoms with Crippen LogP contribution < -0.4 is 5.32 Å². The molecule has 2 N–H and O–H groups in total. The molecule has 0 saturated carbocycles. The van der Waals surface area contributed by atoms with Crippen molar-refractivity contribution in [3.8, 4) is 5.75 Å². The average Bonchev–Trinajstić information content (AvgIpc) is 2.33. The first-order chi connectivity index (χ1) is 8.97. The van der Waals surface area contributed by atoms with E-state index < -0.39 is 11.7 Å². The normalized spacial score (nSPS) is 10.3. The number of halogens is 3. The van der Waals surface area contributed by atoms with Gasteiger partial charge in [-0.2, -0.15) is 0 Å². The van der Waals surface area contributed by atoms with E-state index >= 15 is 0 Å². The van der Waals surface area contributed by atoms with E-state index in [2.05, 4.69) is 43.8 Å². The van der Waals surface area contributed by atoms with E-state index in [1.165, 1.54) is 12.1 Å². The Kier molecular flexibility index (Phi) is 4.41. The molecule has 0 heterocycles. The summed E-state index contributed by atoms with van der Waals surface area (Å²) in [4.78, 5) is 11.9. The second-order valence-corrected chi connectivity index (χ2v) is 5.76. The first-order valence-electron chi connectivity index (χ1n) is 5.22. The zero-order chi connectivity index (χ0) is 14.0. The van der Waals surface area contributed by atoms with Crippen LogP contribution in [0.5, 0.6) is 5.75 Å². The van der Waals surface area contributed by atoms with Crippen LogP contribution in [0.2, 0.25) is 0 Å². The highest BCUT2D eigenvalue weighted by Gasteiger charge is 2.12. The van der Waals surface area contributed by atoms with Gasteiger partial charge in [0.25, 0.3) is 5.91 Å². The summed E-state index contributed by atoms with van der Waals surface area (Å²) in [5.74, 6) is -1.54. The van der Waals surface area contributed by atoms with Gasteiger partial charge in [-0.05, 0) is 68.9 Å². The van der Waals surface area contributed by atoms with Gasteiger partial charge in [-0.3, -0.25) is 4.79 Å². The van der Waals surface area contributed by atoms with Gasteiger partial charge in [0.2, 0.25) is 0 Å². The maximum atomic E-state index is 13.5. The van der Waals surface area contributed by atoms with E-state index in [0.29, 0.717) is 5.69 Å². The average molecular weight is 436 g/mol. The zero-order valence-electron chi connectivity index (χ0n) is 9.45. The summed E-state index contributed by atoms with van der Waals surface area (Å²) in [6.45, 7) is 0. The van der Waals surface area contributed by atoms with E-state index in [-0.39, 0.29) is 11.3 Å². The number of phenols is 1. The van der Waals surface area contributed by atoms with Gasteiger partial charge >= 0.3 is 0 Å². The molecule has 0 aromatic heterocycles. The minimum atomic E-state index is -0.760. The second kappa shape index (κ2) is 5.87. The Labute approximate surface area is 131 Å². The van der Waals surface area contributed by atoms with Crippen LogP contribution in [0.25, 0.3) is 0 Å². The van der Waals surface area contributed by atoms with Gasteiger partial charge in [-0.25, -0.2) is 4.39 Å². The fourth-order valence-corrected chi connectivity index (χ4v) is 2.22. The summed E-state index contributed by atoms with van der Waals surface area (Å²) in [6, 6.07) is 8.68. The van der Waals surface area contributed by atoms with E-state index in [0.717, 1.165) is 14.1 Å². The lowest BCUT2D eigenvalue weighted by molar-refractivity contribution is 0.102. The molecule has 0 saturated heterocycles. The molecule has 0 aliphatic carbocycles. The van der Waals surface area contributed by atoms with Crippen LogP contribution in [-0.2, 0) is 0 Å². The molecule has 3 nitrogen and oxygen atoms in total. The van der Waals surface area contributed by atoms with Crippen molar-refractivity contribution in [1.82, 2.24) is 0 Å². The Bertz CT molecular complexity index is 649. The summed E-state index contributed by atoms with van der Waals surface area (Å²) in [6.07, 6.45) is 0. The summed E-state index contributed by atoms with van der Waals surface area (Å²) >= 11 is 5.47. The number of phenolic OH excluding ortho intramolecular Hbond substituents is 1. The van der Waals surface area contributed by atoms with Crippen molar-refractivity contribution in [1.29, 1.82) is 0 Å². The zero-order valence-corrected chi connectivity index (χ0v) is 13.2. The van der Waals surface area contributed by atoms with Crippen molar-refractivity contribution in [3.05, 3.63) is 55.8 Å². The van der Waals surface area contributed by atoms with Gasteiger partial charge in [-0.1, -0.05) is 0 Å². The summed E-state index contributed by atoms with van der Waals surface area (Å²) in [7, 11) is 0. The molecule has 2 aromatic carbocycles. The number of anilines is 1. The number of nitrogens with one attached hydrogen (secondary N) is 1. The van der Waals surface area contributed by atoms with Gasteiger partial charge in [-0.15, -0.1) is 0 Å². The lowest BCUT2D eigenvalue weighted by atomic mass is 10.2. The van der Waals surface area contributed by atoms with Crippen LogP contribution in [0.4, 0.5) is 10.1 Å². The number of amides is 1. The highest BCUT2D eigenvalue weighted by molar-refractivity contribution is 14.1. The minimum Gasteiger partial charge on any atom is -0.508 e. The van der Waals surface area contributed by atoms with Crippen LogP contribution in [-0.4, -0.2) is 11.0 Å². The molecule has 0 bridgehead atoms. The standard InChI is InChI=1S/C13H8BrFINO2/c14-10-4-1-7(5-12(10)16)17-13(19)9-3-2-8(18)6-11(9)15/h1-6,18H,(H,17,19). The lowest BCUT2D eigenvalue weighted by Crippen LogP contribution is -2.13. The number of aromatic hydroxyl groups is 1. The second-order valence-electron chi connectivity index (χ2n) is 3.75. The molecule has 2 aromatic rings. The number of carbonyl (C=O) groups is 1. The Balaban J connectivity index is 2.23. The maximum Gasteiger partial charge on any atom is 0.258 e. The van der Waals surface area contributed by atoms with Gasteiger partial charge in [0.15, 0.2) is 0 Å². The van der Waals surface area contributed by atoms with Gasteiger partial charge < -0.3 is 10.4 Å². The molecule has 0 aliphatic heterocycles. The third kappa shape index (κ3) is 3.44. The molecule has 2 rings (SSSR count). The summed E-state index contributed by atoms with van der Waals surface area (Å²) in [5, 5.41) is 11.7. The number of rotatable bonds is 2. The fourth-order valence-electron chi connectivity index (χ4n) is 1.46. The van der Waals surface area contributed by atoms with Crippen molar-refractivity contribution in [2.75, 3.05) is 5.32 Å². The highest BCUT2D eigenvalue weighted by atomic mass is 127. The summed E-state index contributed by atoms with van der Waals surface area (Å²) < 4.78 is 15.4. The van der Waals surface area contributed by atoms with Gasteiger partial charge in [0.1, 0.15) is 11.6 Å². The van der Waals surface area contributed by atoms with E-state index in [4.69, 9.17) is 5.11 Å². The van der Waals surface area contributed by atoms with Gasteiger partial charge in [0, 0.05) is 19.8 Å². The van der Waals surface area contributed by atoms with Crippen molar-refractivity contribution in [3.63, 3.8) is 0 Å². The molecule has 98 valence electrons. The molecule has 0 atom stereocenters. The van der Waals surface area contributed by atoms with Crippen LogP contribution in [0, 0.1) is 9.39 Å². The van der Waals surface area contributed by atoms with Gasteiger partial charge in [0.05, 0.1) is 5.56 Å². The number of carbonyl (C=O) groups excluding carboxylic acids is 1. The predicted molar refractivity (Wildman–Crippen MR) is 82.9 cm³/mol. The first kappa shape index (κ1) is 14.3. The molecule has 0 fully saturated rings. The molecule has 0 spiro atoms. The Morgan fingerprint density at radius 3 is 2.63 bits per heavy atom. The molecule has 0 aliphatic rings. The van der Waals surface area contributed by atoms with E-state index in [9.17, 15) is 9.18 Å². The molecular formula is C13H8BrFINO2. The monoisotopic (exact) mass is 435 g/mol. The lowest BCUT2D eigenvalue weighted by Gasteiger charge is -2.07. The molecule has 0 unspecified atom stereocenters. The quantitative estimate of drug-likeness (QED) is 0.696. The summed E-state index contributed by atoms with van der Waals surface area (Å²) in [5.41, 5.74) is 0.459. The van der Waals surface area contributed by atoms with Crippen LogP contribution in [0.15, 0.2) is 40.9 Å².